The molecule has 156 valence electrons. The van der Waals surface area contributed by atoms with E-state index in [2.05, 4.69) is 10.3 Å². The number of nitrogens with one attached hydrogen (secondary N) is 1. The molecule has 0 aliphatic rings. The van der Waals surface area contributed by atoms with Gasteiger partial charge in [0.2, 0.25) is 0 Å². The molecule has 0 spiro atoms. The SMILES string of the molecule is COc1ccc(-c2nc(COC(=O)CNC(=O)c3ccc(C)cc3)cs2)cc1OC. The van der Waals surface area contributed by atoms with Gasteiger partial charge in [0, 0.05) is 16.5 Å². The zero-order valence-corrected chi connectivity index (χ0v) is 17.7. The molecule has 7 nitrogen and oxygen atoms in total. The summed E-state index contributed by atoms with van der Waals surface area (Å²) in [5.74, 6) is 0.398. The maximum Gasteiger partial charge on any atom is 0.325 e. The monoisotopic (exact) mass is 426 g/mol. The Morgan fingerprint density at radius 2 is 1.77 bits per heavy atom. The van der Waals surface area contributed by atoms with Crippen molar-refractivity contribution < 1.29 is 23.8 Å². The molecule has 1 amide bonds. The fraction of sp³-hybridized carbons (Fsp3) is 0.227. The second kappa shape index (κ2) is 9.89. The number of aryl methyl sites for hydroxylation is 1. The van der Waals surface area contributed by atoms with Crippen LogP contribution in [0.2, 0.25) is 0 Å². The Kier molecular flexibility index (Phi) is 7.03. The summed E-state index contributed by atoms with van der Waals surface area (Å²) in [6.07, 6.45) is 0. The van der Waals surface area contributed by atoms with Crippen molar-refractivity contribution in [3.8, 4) is 22.1 Å². The number of benzene rings is 2. The van der Waals surface area contributed by atoms with Crippen molar-refractivity contribution in [1.82, 2.24) is 10.3 Å². The highest BCUT2D eigenvalue weighted by Crippen LogP contribution is 2.33. The van der Waals surface area contributed by atoms with Crippen molar-refractivity contribution in [3.05, 3.63) is 64.7 Å². The quantitative estimate of drug-likeness (QED) is 0.554. The van der Waals surface area contributed by atoms with Gasteiger partial charge >= 0.3 is 5.97 Å². The largest absolute Gasteiger partial charge is 0.493 e. The molecule has 0 saturated heterocycles. The van der Waals surface area contributed by atoms with Crippen molar-refractivity contribution >= 4 is 23.2 Å². The van der Waals surface area contributed by atoms with Crippen LogP contribution in [0.1, 0.15) is 21.6 Å². The lowest BCUT2D eigenvalue weighted by molar-refractivity contribution is -0.143. The number of ether oxygens (including phenoxy) is 3. The molecule has 1 N–H and O–H groups in total. The number of thiazole rings is 1. The van der Waals surface area contributed by atoms with Gasteiger partial charge in [-0.15, -0.1) is 11.3 Å². The molecule has 0 radical (unpaired) electrons. The van der Waals surface area contributed by atoms with E-state index in [-0.39, 0.29) is 19.1 Å². The summed E-state index contributed by atoms with van der Waals surface area (Å²) in [5.41, 5.74) is 3.05. The molecule has 0 bridgehead atoms. The van der Waals surface area contributed by atoms with Crippen LogP contribution in [0.5, 0.6) is 11.5 Å². The fourth-order valence-electron chi connectivity index (χ4n) is 2.64. The van der Waals surface area contributed by atoms with Gasteiger partial charge in [-0.05, 0) is 37.3 Å². The Hall–Kier alpha value is -3.39. The molecule has 2 aromatic carbocycles. The van der Waals surface area contributed by atoms with Gasteiger partial charge < -0.3 is 19.5 Å². The van der Waals surface area contributed by atoms with E-state index in [1.165, 1.54) is 11.3 Å². The van der Waals surface area contributed by atoms with Gasteiger partial charge in [-0.2, -0.15) is 0 Å². The van der Waals surface area contributed by atoms with Crippen LogP contribution in [0.15, 0.2) is 47.8 Å². The first-order valence-corrected chi connectivity index (χ1v) is 10.1. The topological polar surface area (TPSA) is 86.8 Å². The molecule has 1 aromatic heterocycles. The number of methoxy groups -OCH3 is 2. The van der Waals surface area contributed by atoms with E-state index in [1.807, 2.05) is 42.6 Å². The molecule has 0 fully saturated rings. The van der Waals surface area contributed by atoms with Gasteiger partial charge in [-0.1, -0.05) is 17.7 Å². The van der Waals surface area contributed by atoms with Gasteiger partial charge in [0.15, 0.2) is 11.5 Å². The van der Waals surface area contributed by atoms with Crippen molar-refractivity contribution in [2.24, 2.45) is 0 Å². The number of aromatic nitrogens is 1. The number of carbonyl (C=O) groups is 2. The highest BCUT2D eigenvalue weighted by Gasteiger charge is 2.12. The lowest BCUT2D eigenvalue weighted by atomic mass is 10.1. The van der Waals surface area contributed by atoms with E-state index in [4.69, 9.17) is 14.2 Å². The summed E-state index contributed by atoms with van der Waals surface area (Å²) in [7, 11) is 3.16. The molecule has 3 rings (SSSR count). The molecule has 1 heterocycles. The van der Waals surface area contributed by atoms with Crippen LogP contribution < -0.4 is 14.8 Å². The molecule has 0 saturated carbocycles. The number of hydrogen-bond donors (Lipinski definition) is 1. The lowest BCUT2D eigenvalue weighted by Crippen LogP contribution is -2.30. The van der Waals surface area contributed by atoms with Crippen molar-refractivity contribution in [1.29, 1.82) is 0 Å². The third-order valence-electron chi connectivity index (χ3n) is 4.27. The number of nitrogens with zero attached hydrogens (tertiary/aromatic N) is 1. The zero-order valence-electron chi connectivity index (χ0n) is 16.9. The standard InChI is InChI=1S/C22H22N2O5S/c1-14-4-6-15(7-5-14)21(26)23-11-20(25)29-12-17-13-30-22(24-17)16-8-9-18(27-2)19(10-16)28-3/h4-10,13H,11-12H2,1-3H3,(H,23,26). The van der Waals surface area contributed by atoms with Crippen molar-refractivity contribution in [3.63, 3.8) is 0 Å². The first kappa shape index (κ1) is 21.3. The van der Waals surface area contributed by atoms with Gasteiger partial charge in [-0.3, -0.25) is 9.59 Å². The van der Waals surface area contributed by atoms with E-state index >= 15 is 0 Å². The lowest BCUT2D eigenvalue weighted by Gasteiger charge is -2.08. The Morgan fingerprint density at radius 1 is 1.03 bits per heavy atom. The van der Waals surface area contributed by atoms with E-state index in [0.717, 1.165) is 16.1 Å². The first-order chi connectivity index (χ1) is 14.5. The third-order valence-corrected chi connectivity index (χ3v) is 5.21. The van der Waals surface area contributed by atoms with Crippen LogP contribution >= 0.6 is 11.3 Å². The first-order valence-electron chi connectivity index (χ1n) is 9.17. The summed E-state index contributed by atoms with van der Waals surface area (Å²) >= 11 is 1.44. The number of rotatable bonds is 8. The number of esters is 1. The summed E-state index contributed by atoms with van der Waals surface area (Å²) in [4.78, 5) is 28.5. The van der Waals surface area contributed by atoms with E-state index in [0.29, 0.717) is 22.8 Å². The highest BCUT2D eigenvalue weighted by atomic mass is 32.1. The van der Waals surface area contributed by atoms with E-state index < -0.39 is 5.97 Å². The minimum absolute atomic E-state index is 0.0308. The predicted molar refractivity (Wildman–Crippen MR) is 114 cm³/mol. The normalized spacial score (nSPS) is 10.4. The van der Waals surface area contributed by atoms with Crippen LogP contribution in [0, 0.1) is 6.92 Å². The van der Waals surface area contributed by atoms with Crippen LogP contribution in [-0.4, -0.2) is 37.6 Å². The number of hydrogen-bond acceptors (Lipinski definition) is 7. The molecule has 0 atom stereocenters. The molecule has 3 aromatic rings. The fourth-order valence-corrected chi connectivity index (χ4v) is 3.44. The van der Waals surface area contributed by atoms with Crippen LogP contribution in [0.3, 0.4) is 0 Å². The molecule has 0 unspecified atom stereocenters. The van der Waals surface area contributed by atoms with Crippen LogP contribution in [-0.2, 0) is 16.1 Å². The molecule has 8 heteroatoms. The van der Waals surface area contributed by atoms with Gasteiger partial charge in [-0.25, -0.2) is 4.98 Å². The summed E-state index contributed by atoms with van der Waals surface area (Å²) in [6.45, 7) is 1.76. The van der Waals surface area contributed by atoms with Gasteiger partial charge in [0.05, 0.1) is 19.9 Å². The molecule has 0 aliphatic heterocycles. The van der Waals surface area contributed by atoms with E-state index in [1.54, 1.807) is 26.4 Å². The second-order valence-corrected chi connectivity index (χ2v) is 7.28. The van der Waals surface area contributed by atoms with Gasteiger partial charge in [0.25, 0.3) is 5.91 Å². The Labute approximate surface area is 178 Å². The Morgan fingerprint density at radius 3 is 2.47 bits per heavy atom. The summed E-state index contributed by atoms with van der Waals surface area (Å²) in [6, 6.07) is 12.6. The molecule has 0 aliphatic carbocycles. The third kappa shape index (κ3) is 5.36. The maximum atomic E-state index is 12.0. The smallest absolute Gasteiger partial charge is 0.325 e. The number of carbonyl (C=O) groups excluding carboxylic acids is 2. The predicted octanol–water partition coefficient (Wildman–Crippen LogP) is 3.61. The van der Waals surface area contributed by atoms with Crippen LogP contribution in [0.4, 0.5) is 0 Å². The average molecular weight is 426 g/mol. The number of amides is 1. The molecular weight excluding hydrogens is 404 g/mol. The Bertz CT molecular complexity index is 1030. The van der Waals surface area contributed by atoms with Crippen molar-refractivity contribution in [2.75, 3.05) is 20.8 Å². The van der Waals surface area contributed by atoms with Crippen LogP contribution in [0.25, 0.3) is 10.6 Å². The highest BCUT2D eigenvalue weighted by molar-refractivity contribution is 7.13. The molecular formula is C22H22N2O5S. The van der Waals surface area contributed by atoms with Crippen molar-refractivity contribution in [2.45, 2.75) is 13.5 Å². The summed E-state index contributed by atoms with van der Waals surface area (Å²) < 4.78 is 15.8. The zero-order chi connectivity index (χ0) is 21.5. The Balaban J connectivity index is 1.52. The second-order valence-electron chi connectivity index (χ2n) is 6.42. The average Bonchev–Trinajstić information content (AvgIpc) is 3.25. The molecule has 30 heavy (non-hydrogen) atoms. The maximum absolute atomic E-state index is 12.0. The van der Waals surface area contributed by atoms with Gasteiger partial charge in [0.1, 0.15) is 18.2 Å². The summed E-state index contributed by atoms with van der Waals surface area (Å²) in [5, 5.41) is 5.15. The minimum atomic E-state index is -0.531. The van der Waals surface area contributed by atoms with E-state index in [9.17, 15) is 9.59 Å². The minimum Gasteiger partial charge on any atom is -0.493 e.